The molecule has 0 amide bonds. The predicted octanol–water partition coefficient (Wildman–Crippen LogP) is 1.26. The lowest BCUT2D eigenvalue weighted by molar-refractivity contribution is -0.850. The van der Waals surface area contributed by atoms with Gasteiger partial charge in [0.2, 0.25) is 0 Å². The number of nitrogens with one attached hydrogen (secondary N) is 1. The molecule has 0 bridgehead atoms. The average molecular weight is 379 g/mol. The van der Waals surface area contributed by atoms with Gasteiger partial charge in [0.05, 0.1) is 14.1 Å². The molecular formula is C23H21BF3N. The van der Waals surface area contributed by atoms with Crippen molar-refractivity contribution in [2.24, 2.45) is 0 Å². The van der Waals surface area contributed by atoms with Crippen molar-refractivity contribution in [1.29, 1.82) is 0 Å². The van der Waals surface area contributed by atoms with E-state index in [1.165, 1.54) is 36.4 Å². The quantitative estimate of drug-likeness (QED) is 0.515. The van der Waals surface area contributed by atoms with E-state index in [0.717, 1.165) is 21.3 Å². The average Bonchev–Trinajstić information content (AvgIpc) is 2.68. The Labute approximate surface area is 163 Å². The number of halogens is 3. The van der Waals surface area contributed by atoms with E-state index in [-0.39, 0.29) is 17.5 Å². The van der Waals surface area contributed by atoms with Gasteiger partial charge in [0.1, 0.15) is 30.1 Å². The number of quaternary nitrogens is 1. The Hall–Kier alpha value is -2.97. The van der Waals surface area contributed by atoms with Gasteiger partial charge >= 0.3 is 0 Å². The first kappa shape index (κ1) is 19.8. The number of rotatable bonds is 4. The van der Waals surface area contributed by atoms with Gasteiger partial charge < -0.3 is 4.90 Å². The molecule has 0 radical (unpaired) electrons. The summed E-state index contributed by atoms with van der Waals surface area (Å²) in [6.45, 7) is 0.604. The van der Waals surface area contributed by atoms with Gasteiger partial charge in [0, 0.05) is 0 Å². The highest BCUT2D eigenvalue weighted by Crippen LogP contribution is 2.09. The van der Waals surface area contributed by atoms with Crippen LogP contribution in [0.4, 0.5) is 13.2 Å². The minimum atomic E-state index is -1.86. The molecule has 3 aromatic rings. The topological polar surface area (TPSA) is 4.44 Å². The summed E-state index contributed by atoms with van der Waals surface area (Å²) in [4.78, 5) is 1.16. The van der Waals surface area contributed by atoms with E-state index in [2.05, 4.69) is 11.7 Å². The Morgan fingerprint density at radius 3 is 1.25 bits per heavy atom. The summed E-state index contributed by atoms with van der Waals surface area (Å²) in [6, 6.07) is 18.5. The van der Waals surface area contributed by atoms with E-state index in [0.29, 0.717) is 6.54 Å². The largest absolute Gasteiger partial charge is 0.330 e. The monoisotopic (exact) mass is 379 g/mol. The maximum atomic E-state index is 13.6. The molecule has 0 aliphatic carbocycles. The van der Waals surface area contributed by atoms with E-state index in [1.54, 1.807) is 36.4 Å². The molecule has 3 rings (SSSR count). The summed E-state index contributed by atoms with van der Waals surface area (Å²) in [5.74, 6) is 5.57. The summed E-state index contributed by atoms with van der Waals surface area (Å²) >= 11 is 0. The van der Waals surface area contributed by atoms with Crippen LogP contribution in [0, 0.1) is 29.2 Å². The van der Waals surface area contributed by atoms with Crippen LogP contribution in [-0.4, -0.2) is 26.8 Å². The zero-order chi connectivity index (χ0) is 20.1. The van der Waals surface area contributed by atoms with Gasteiger partial charge in [-0.2, -0.15) is 16.4 Å². The van der Waals surface area contributed by atoms with Crippen LogP contribution in [0.5, 0.6) is 0 Å². The van der Waals surface area contributed by atoms with Crippen molar-refractivity contribution in [3.63, 3.8) is 0 Å². The van der Waals surface area contributed by atoms with Gasteiger partial charge in [-0.25, -0.2) is 13.2 Å². The molecule has 1 nitrogen and oxygen atoms in total. The molecule has 0 saturated heterocycles. The molecule has 0 fully saturated rings. The van der Waals surface area contributed by atoms with Crippen LogP contribution in [0.1, 0.15) is 0 Å². The third-order valence-corrected chi connectivity index (χ3v) is 4.87. The van der Waals surface area contributed by atoms with Crippen LogP contribution >= 0.6 is 0 Å². The molecule has 28 heavy (non-hydrogen) atoms. The zero-order valence-electron chi connectivity index (χ0n) is 15.8. The lowest BCUT2D eigenvalue weighted by atomic mass is 9.16. The van der Waals surface area contributed by atoms with Gasteiger partial charge in [-0.05, 0) is 36.4 Å². The van der Waals surface area contributed by atoms with Crippen molar-refractivity contribution >= 4 is 22.5 Å². The predicted molar refractivity (Wildman–Crippen MR) is 109 cm³/mol. The normalized spacial score (nSPS) is 11.2. The highest BCUT2D eigenvalue weighted by molar-refractivity contribution is 7.16. The Kier molecular flexibility index (Phi) is 5.91. The second kappa shape index (κ2) is 8.37. The van der Waals surface area contributed by atoms with Crippen molar-refractivity contribution in [3.8, 4) is 11.7 Å². The van der Waals surface area contributed by atoms with Crippen molar-refractivity contribution in [1.82, 2.24) is 0 Å². The lowest BCUT2D eigenvalue weighted by Gasteiger charge is -2.38. The van der Waals surface area contributed by atoms with Crippen molar-refractivity contribution in [2.75, 3.05) is 20.6 Å². The number of benzene rings is 3. The van der Waals surface area contributed by atoms with E-state index in [1.807, 2.05) is 14.1 Å². The van der Waals surface area contributed by atoms with Gasteiger partial charge in [0.25, 0.3) is 0 Å². The lowest BCUT2D eigenvalue weighted by Crippen LogP contribution is -3.05. The minimum Gasteiger partial charge on any atom is -0.330 e. The summed E-state index contributed by atoms with van der Waals surface area (Å²) in [6.07, 6.45) is -1.86. The molecule has 0 saturated carbocycles. The third kappa shape index (κ3) is 4.13. The highest BCUT2D eigenvalue weighted by atomic mass is 19.1. The number of hydrogen-bond acceptors (Lipinski definition) is 0. The molecule has 0 atom stereocenters. The van der Waals surface area contributed by atoms with Crippen molar-refractivity contribution in [3.05, 3.63) is 90.2 Å². The zero-order valence-corrected chi connectivity index (χ0v) is 15.8. The summed E-state index contributed by atoms with van der Waals surface area (Å²) in [5.41, 5.74) is 2.38. The molecule has 0 aliphatic rings. The molecule has 142 valence electrons. The first-order chi connectivity index (χ1) is 13.4. The highest BCUT2D eigenvalue weighted by Gasteiger charge is 2.28. The van der Waals surface area contributed by atoms with E-state index < -0.39 is 6.15 Å². The van der Waals surface area contributed by atoms with Crippen LogP contribution < -0.4 is 21.3 Å². The van der Waals surface area contributed by atoms with E-state index in [9.17, 15) is 13.2 Å². The second-order valence-electron chi connectivity index (χ2n) is 7.23. The Morgan fingerprint density at radius 1 is 0.643 bits per heavy atom. The van der Waals surface area contributed by atoms with Crippen LogP contribution in [0.3, 0.4) is 0 Å². The van der Waals surface area contributed by atoms with Crippen LogP contribution in [0.2, 0.25) is 0 Å². The molecule has 5 heteroatoms. The molecule has 0 unspecified atom stereocenters. The third-order valence-electron chi connectivity index (χ3n) is 4.87. The minimum absolute atomic E-state index is 0.350. The Bertz CT molecular complexity index is 874. The molecule has 3 aromatic carbocycles. The molecule has 1 N–H and O–H groups in total. The van der Waals surface area contributed by atoms with Crippen LogP contribution in [0.15, 0.2) is 72.8 Å². The van der Waals surface area contributed by atoms with Gasteiger partial charge in [-0.15, -0.1) is 0 Å². The molecule has 0 aliphatic heterocycles. The maximum absolute atomic E-state index is 13.6. The first-order valence-electron chi connectivity index (χ1n) is 9.14. The van der Waals surface area contributed by atoms with Gasteiger partial charge in [0.15, 0.2) is 0 Å². The molecular weight excluding hydrogens is 358 g/mol. The fraction of sp³-hybridized carbons (Fsp3) is 0.130. The maximum Gasteiger partial charge on any atom is 0.149 e. The summed E-state index contributed by atoms with van der Waals surface area (Å²) < 4.78 is 40.8. The first-order valence-corrected chi connectivity index (χ1v) is 9.14. The van der Waals surface area contributed by atoms with Crippen molar-refractivity contribution < 1.29 is 18.1 Å². The SMILES string of the molecule is C[NH+](C)CC#C[B-](c1ccc(F)cc1)(c1ccc(F)cc1)c1ccc(F)cc1. The second-order valence-corrected chi connectivity index (χ2v) is 7.23. The number of hydrogen-bond donors (Lipinski definition) is 1. The Morgan fingerprint density at radius 2 is 0.964 bits per heavy atom. The smallest absolute Gasteiger partial charge is 0.149 e. The van der Waals surface area contributed by atoms with Crippen LogP contribution in [0.25, 0.3) is 0 Å². The standard InChI is InChI=1S/C23H20BF3N/c1-28(2)17-3-16-24(18-4-10-21(25)11-5-18,19-6-12-22(26)13-7-19)20-8-14-23(27)15-9-20/h4-15H,17H2,1-2H3/q-1/p+1. The summed E-state index contributed by atoms with van der Waals surface area (Å²) in [5, 5.41) is 0. The summed E-state index contributed by atoms with van der Waals surface area (Å²) in [7, 11) is 3.99. The van der Waals surface area contributed by atoms with Gasteiger partial charge in [-0.1, -0.05) is 42.3 Å². The Balaban J connectivity index is 2.32. The fourth-order valence-corrected chi connectivity index (χ4v) is 3.46. The molecule has 0 spiro atoms. The molecule has 0 aromatic heterocycles. The van der Waals surface area contributed by atoms with E-state index >= 15 is 0 Å². The van der Waals surface area contributed by atoms with E-state index in [4.69, 9.17) is 0 Å². The van der Waals surface area contributed by atoms with Crippen molar-refractivity contribution in [2.45, 2.75) is 0 Å². The fourth-order valence-electron chi connectivity index (χ4n) is 3.46. The van der Waals surface area contributed by atoms with Gasteiger partial charge in [-0.3, -0.25) is 5.82 Å². The molecule has 0 heterocycles. The van der Waals surface area contributed by atoms with Crippen LogP contribution in [-0.2, 0) is 0 Å².